The molecule has 0 aromatic heterocycles. The van der Waals surface area contributed by atoms with Crippen LogP contribution in [0.4, 0.5) is 0 Å². The molecule has 0 aliphatic carbocycles. The second-order valence-corrected chi connectivity index (χ2v) is 6.21. The Bertz CT molecular complexity index is 579. The number of aryl methyl sites for hydroxylation is 1. The van der Waals surface area contributed by atoms with Crippen molar-refractivity contribution in [3.05, 3.63) is 28.3 Å². The lowest BCUT2D eigenvalue weighted by atomic mass is 10.0. The van der Waals surface area contributed by atoms with Crippen LogP contribution in [-0.4, -0.2) is 30.5 Å². The monoisotopic (exact) mass is 322 g/mol. The van der Waals surface area contributed by atoms with E-state index in [0.717, 1.165) is 11.1 Å². The van der Waals surface area contributed by atoms with Crippen LogP contribution in [0.5, 0.6) is 5.75 Å². The van der Waals surface area contributed by atoms with Crippen molar-refractivity contribution < 1.29 is 9.53 Å². The molecule has 1 amide bonds. The van der Waals surface area contributed by atoms with E-state index in [9.17, 15) is 4.79 Å². The number of benzene rings is 1. The molecule has 1 aromatic carbocycles. The molecule has 120 valence electrons. The Balaban J connectivity index is 2.82. The number of likely N-dealkylation sites (N-methyl/N-ethyl adjacent to an activating group) is 1. The number of carbonyl (C=O) groups excluding carboxylic acids is 1. The second-order valence-electron chi connectivity index (χ2n) is 5.80. The molecule has 22 heavy (non-hydrogen) atoms. The predicted molar refractivity (Wildman–Crippen MR) is 88.2 cm³/mol. The van der Waals surface area contributed by atoms with Crippen LogP contribution in [0.15, 0.2) is 12.1 Å². The molecule has 1 aromatic rings. The molecule has 0 saturated carbocycles. The van der Waals surface area contributed by atoms with Crippen molar-refractivity contribution in [2.45, 2.75) is 46.1 Å². The summed E-state index contributed by atoms with van der Waals surface area (Å²) in [6.45, 7) is 7.80. The van der Waals surface area contributed by atoms with E-state index in [1.54, 1.807) is 11.9 Å². The summed E-state index contributed by atoms with van der Waals surface area (Å²) in [4.78, 5) is 13.7. The third-order valence-electron chi connectivity index (χ3n) is 3.71. The molecular weight excluding hydrogens is 300 g/mol. The average molecular weight is 323 g/mol. The highest BCUT2D eigenvalue weighted by molar-refractivity contribution is 6.31. The summed E-state index contributed by atoms with van der Waals surface area (Å²) in [5.41, 5.74) is 1.90. The largest absolute Gasteiger partial charge is 0.483 e. The first-order valence-corrected chi connectivity index (χ1v) is 7.71. The molecule has 1 atom stereocenters. The van der Waals surface area contributed by atoms with Crippen LogP contribution in [0.2, 0.25) is 5.02 Å². The summed E-state index contributed by atoms with van der Waals surface area (Å²) in [5, 5.41) is 9.39. The fourth-order valence-corrected chi connectivity index (χ4v) is 2.17. The SMILES string of the molecule is Cc1cc(OCC(=O)N(C)C(C)CC#N)c(C(C)C)cc1Cl. The Morgan fingerprint density at radius 1 is 1.41 bits per heavy atom. The second kappa shape index (κ2) is 8.05. The van der Waals surface area contributed by atoms with Crippen molar-refractivity contribution in [3.8, 4) is 11.8 Å². The summed E-state index contributed by atoms with van der Waals surface area (Å²) in [7, 11) is 1.68. The zero-order chi connectivity index (χ0) is 16.9. The number of ether oxygens (including phenoxy) is 1. The molecule has 0 fully saturated rings. The van der Waals surface area contributed by atoms with Crippen molar-refractivity contribution in [3.63, 3.8) is 0 Å². The van der Waals surface area contributed by atoms with Crippen molar-refractivity contribution in [2.75, 3.05) is 13.7 Å². The minimum absolute atomic E-state index is 0.0486. The van der Waals surface area contributed by atoms with Gasteiger partial charge in [-0.15, -0.1) is 0 Å². The molecule has 0 heterocycles. The Kier molecular flexibility index (Phi) is 6.70. The maximum atomic E-state index is 12.1. The summed E-state index contributed by atoms with van der Waals surface area (Å²) >= 11 is 6.16. The Morgan fingerprint density at radius 3 is 2.59 bits per heavy atom. The minimum atomic E-state index is -0.148. The van der Waals surface area contributed by atoms with Crippen molar-refractivity contribution >= 4 is 17.5 Å². The van der Waals surface area contributed by atoms with Gasteiger partial charge in [0.25, 0.3) is 5.91 Å². The van der Waals surface area contributed by atoms with Gasteiger partial charge in [0, 0.05) is 18.1 Å². The number of amides is 1. The normalized spacial score (nSPS) is 11.9. The Labute approximate surface area is 137 Å². The average Bonchev–Trinajstić information content (AvgIpc) is 2.46. The number of nitrogens with zero attached hydrogens (tertiary/aromatic N) is 2. The van der Waals surface area contributed by atoms with Gasteiger partial charge in [-0.2, -0.15) is 5.26 Å². The topological polar surface area (TPSA) is 53.3 Å². The standard InChI is InChI=1S/C17H23ClN2O2/c1-11(2)14-9-15(18)12(3)8-16(14)22-10-17(21)20(5)13(4)6-7-19/h8-9,11,13H,6,10H2,1-5H3. The van der Waals surface area contributed by atoms with Crippen LogP contribution in [0.25, 0.3) is 0 Å². The molecule has 1 unspecified atom stereocenters. The van der Waals surface area contributed by atoms with Gasteiger partial charge in [0.2, 0.25) is 0 Å². The third kappa shape index (κ3) is 4.64. The van der Waals surface area contributed by atoms with E-state index in [-0.39, 0.29) is 24.5 Å². The van der Waals surface area contributed by atoms with Crippen LogP contribution >= 0.6 is 11.6 Å². The van der Waals surface area contributed by atoms with Gasteiger partial charge in [-0.1, -0.05) is 25.4 Å². The molecule has 0 aliphatic rings. The van der Waals surface area contributed by atoms with Crippen molar-refractivity contribution in [1.82, 2.24) is 4.90 Å². The van der Waals surface area contributed by atoms with Gasteiger partial charge in [0.1, 0.15) is 5.75 Å². The lowest BCUT2D eigenvalue weighted by molar-refractivity contribution is -0.133. The van der Waals surface area contributed by atoms with E-state index in [2.05, 4.69) is 19.9 Å². The summed E-state index contributed by atoms with van der Waals surface area (Å²) in [6, 6.07) is 5.70. The number of hydrogen-bond acceptors (Lipinski definition) is 3. The molecule has 0 radical (unpaired) electrons. The molecule has 1 rings (SSSR count). The molecule has 0 aliphatic heterocycles. The van der Waals surface area contributed by atoms with E-state index >= 15 is 0 Å². The van der Waals surface area contributed by atoms with Gasteiger partial charge in [-0.05, 0) is 43.0 Å². The summed E-state index contributed by atoms with van der Waals surface area (Å²) in [6.07, 6.45) is 0.305. The molecule has 0 saturated heterocycles. The highest BCUT2D eigenvalue weighted by atomic mass is 35.5. The molecule has 0 bridgehead atoms. The van der Waals surface area contributed by atoms with Crippen LogP contribution in [-0.2, 0) is 4.79 Å². The van der Waals surface area contributed by atoms with Gasteiger partial charge in [0.05, 0.1) is 12.5 Å². The first-order valence-electron chi connectivity index (χ1n) is 7.33. The number of carbonyl (C=O) groups is 1. The van der Waals surface area contributed by atoms with Crippen LogP contribution < -0.4 is 4.74 Å². The molecule has 0 N–H and O–H groups in total. The zero-order valence-corrected chi connectivity index (χ0v) is 14.6. The quantitative estimate of drug-likeness (QED) is 0.797. The summed E-state index contributed by atoms with van der Waals surface area (Å²) < 4.78 is 5.71. The van der Waals surface area contributed by atoms with Gasteiger partial charge in [-0.3, -0.25) is 4.79 Å². The molecule has 4 nitrogen and oxygen atoms in total. The van der Waals surface area contributed by atoms with Crippen LogP contribution in [0.1, 0.15) is 44.2 Å². The lowest BCUT2D eigenvalue weighted by Crippen LogP contribution is -2.38. The number of halogens is 1. The van der Waals surface area contributed by atoms with Crippen molar-refractivity contribution in [1.29, 1.82) is 5.26 Å². The predicted octanol–water partition coefficient (Wildman–Crippen LogP) is 3.91. The van der Waals surface area contributed by atoms with E-state index in [4.69, 9.17) is 21.6 Å². The fourth-order valence-electron chi connectivity index (χ4n) is 2.00. The Hall–Kier alpha value is -1.73. The third-order valence-corrected chi connectivity index (χ3v) is 4.11. The molecular formula is C17H23ClN2O2. The van der Waals surface area contributed by atoms with Gasteiger partial charge in [0.15, 0.2) is 6.61 Å². The van der Waals surface area contributed by atoms with Gasteiger partial charge in [-0.25, -0.2) is 0 Å². The van der Waals surface area contributed by atoms with E-state index in [0.29, 0.717) is 17.2 Å². The highest BCUT2D eigenvalue weighted by Crippen LogP contribution is 2.32. The molecule has 5 heteroatoms. The van der Waals surface area contributed by atoms with Gasteiger partial charge < -0.3 is 9.64 Å². The Morgan fingerprint density at radius 2 is 2.05 bits per heavy atom. The van der Waals surface area contributed by atoms with Crippen molar-refractivity contribution in [2.24, 2.45) is 0 Å². The number of hydrogen-bond donors (Lipinski definition) is 0. The van der Waals surface area contributed by atoms with Crippen LogP contribution in [0, 0.1) is 18.3 Å². The number of nitriles is 1. The smallest absolute Gasteiger partial charge is 0.260 e. The zero-order valence-electron chi connectivity index (χ0n) is 13.8. The summed E-state index contributed by atoms with van der Waals surface area (Å²) in [5.74, 6) is 0.787. The first kappa shape index (κ1) is 18.3. The fraction of sp³-hybridized carbons (Fsp3) is 0.529. The lowest BCUT2D eigenvalue weighted by Gasteiger charge is -2.23. The molecule has 0 spiro atoms. The minimum Gasteiger partial charge on any atom is -0.483 e. The number of rotatable bonds is 6. The van der Waals surface area contributed by atoms with Gasteiger partial charge >= 0.3 is 0 Å². The van der Waals surface area contributed by atoms with E-state index < -0.39 is 0 Å². The highest BCUT2D eigenvalue weighted by Gasteiger charge is 2.17. The first-order chi connectivity index (χ1) is 10.3. The maximum Gasteiger partial charge on any atom is 0.260 e. The van der Waals surface area contributed by atoms with E-state index in [1.165, 1.54) is 0 Å². The maximum absolute atomic E-state index is 12.1. The van der Waals surface area contributed by atoms with Crippen LogP contribution in [0.3, 0.4) is 0 Å². The van der Waals surface area contributed by atoms with E-state index in [1.807, 2.05) is 26.0 Å².